The van der Waals surface area contributed by atoms with E-state index in [0.29, 0.717) is 25.7 Å². The highest BCUT2D eigenvalue weighted by atomic mass is 127. The summed E-state index contributed by atoms with van der Waals surface area (Å²) in [4.78, 5) is 4.07. The van der Waals surface area contributed by atoms with Gasteiger partial charge in [-0.15, -0.1) is 24.0 Å². The molecule has 0 aliphatic carbocycles. The van der Waals surface area contributed by atoms with Crippen LogP contribution in [-0.4, -0.2) is 45.9 Å². The number of guanidine groups is 1. The molecule has 0 spiro atoms. The molecule has 5 nitrogen and oxygen atoms in total. The Balaban J connectivity index is 0.00000400. The van der Waals surface area contributed by atoms with Crippen LogP contribution in [-0.2, 0) is 4.74 Å². The fraction of sp³-hybridized carbons (Fsp3) is 0.500. The normalized spacial score (nSPS) is 12.3. The lowest BCUT2D eigenvalue weighted by atomic mass is 10.3. The van der Waals surface area contributed by atoms with Gasteiger partial charge in [0.1, 0.15) is 6.10 Å². The zero-order valence-corrected chi connectivity index (χ0v) is 14.9. The van der Waals surface area contributed by atoms with E-state index in [0.717, 1.165) is 0 Å². The van der Waals surface area contributed by atoms with Crippen molar-refractivity contribution in [3.8, 4) is 5.75 Å². The van der Waals surface area contributed by atoms with Crippen molar-refractivity contribution in [3.05, 3.63) is 30.1 Å². The molecule has 0 aromatic heterocycles. The van der Waals surface area contributed by atoms with Crippen LogP contribution in [0, 0.1) is 5.82 Å². The largest absolute Gasteiger partial charge is 0.486 e. The van der Waals surface area contributed by atoms with Crippen molar-refractivity contribution < 1.29 is 13.9 Å². The molecular weight excluding hydrogens is 388 g/mol. The van der Waals surface area contributed by atoms with Gasteiger partial charge in [-0.3, -0.25) is 4.99 Å². The highest BCUT2D eigenvalue weighted by Gasteiger charge is 2.08. The molecule has 1 rings (SSSR count). The summed E-state index contributed by atoms with van der Waals surface area (Å²) in [6, 6.07) is 6.36. The van der Waals surface area contributed by atoms with E-state index in [2.05, 4.69) is 15.6 Å². The van der Waals surface area contributed by atoms with Crippen LogP contribution < -0.4 is 15.4 Å². The van der Waals surface area contributed by atoms with E-state index < -0.39 is 0 Å². The highest BCUT2D eigenvalue weighted by molar-refractivity contribution is 14.0. The van der Waals surface area contributed by atoms with Crippen LogP contribution in [0.5, 0.6) is 5.75 Å². The van der Waals surface area contributed by atoms with E-state index in [1.807, 2.05) is 6.92 Å². The maximum atomic E-state index is 13.4. The first-order valence-electron chi connectivity index (χ1n) is 6.52. The summed E-state index contributed by atoms with van der Waals surface area (Å²) in [6.07, 6.45) is -0.187. The van der Waals surface area contributed by atoms with Gasteiger partial charge in [-0.2, -0.15) is 0 Å². The van der Waals surface area contributed by atoms with E-state index in [9.17, 15) is 4.39 Å². The number of hydrogen-bond acceptors (Lipinski definition) is 3. The molecule has 0 saturated heterocycles. The van der Waals surface area contributed by atoms with Crippen molar-refractivity contribution in [3.63, 3.8) is 0 Å². The summed E-state index contributed by atoms with van der Waals surface area (Å²) in [5.41, 5.74) is 0. The molecule has 1 aromatic rings. The second-order valence-electron chi connectivity index (χ2n) is 4.23. The predicted molar refractivity (Wildman–Crippen MR) is 93.1 cm³/mol. The van der Waals surface area contributed by atoms with Gasteiger partial charge in [0.05, 0.1) is 13.2 Å². The van der Waals surface area contributed by atoms with Crippen LogP contribution in [0.3, 0.4) is 0 Å². The maximum Gasteiger partial charge on any atom is 0.191 e. The van der Waals surface area contributed by atoms with Crippen molar-refractivity contribution in [2.75, 3.05) is 33.9 Å². The van der Waals surface area contributed by atoms with Crippen molar-refractivity contribution >= 4 is 29.9 Å². The number of aliphatic imine (C=N–C) groups is 1. The zero-order valence-electron chi connectivity index (χ0n) is 12.6. The summed E-state index contributed by atoms with van der Waals surface area (Å²) < 4.78 is 23.9. The lowest BCUT2D eigenvalue weighted by molar-refractivity contribution is 0.202. The van der Waals surface area contributed by atoms with Gasteiger partial charge in [0.25, 0.3) is 0 Å². The minimum Gasteiger partial charge on any atom is -0.486 e. The molecule has 1 aromatic carbocycles. The van der Waals surface area contributed by atoms with Crippen molar-refractivity contribution in [2.45, 2.75) is 13.0 Å². The van der Waals surface area contributed by atoms with E-state index in [1.54, 1.807) is 32.4 Å². The number of benzene rings is 1. The van der Waals surface area contributed by atoms with Crippen molar-refractivity contribution in [1.29, 1.82) is 0 Å². The molecule has 2 N–H and O–H groups in total. The average molecular weight is 411 g/mol. The summed E-state index contributed by atoms with van der Waals surface area (Å²) in [5.74, 6) is 0.553. The molecule has 1 atom stereocenters. The number of para-hydroxylation sites is 1. The third kappa shape index (κ3) is 8.05. The number of nitrogens with one attached hydrogen (secondary N) is 2. The molecular formula is C14H23FIN3O2. The van der Waals surface area contributed by atoms with E-state index in [-0.39, 0.29) is 41.6 Å². The molecule has 0 aliphatic rings. The first kappa shape index (κ1) is 19.9. The third-order valence-corrected chi connectivity index (χ3v) is 2.54. The standard InChI is InChI=1S/C14H22FN3O2.HI/c1-11(20-13-7-5-4-6-12(13)15)10-18-14(16-2)17-8-9-19-3;/h4-7,11H,8-10H2,1-3H3,(H2,16,17,18);1H. The highest BCUT2D eigenvalue weighted by Crippen LogP contribution is 2.16. The fourth-order valence-corrected chi connectivity index (χ4v) is 1.53. The second kappa shape index (κ2) is 11.6. The number of nitrogens with zero attached hydrogens (tertiary/aromatic N) is 1. The van der Waals surface area contributed by atoms with Gasteiger partial charge in [0.2, 0.25) is 0 Å². The van der Waals surface area contributed by atoms with Crippen molar-refractivity contribution in [2.24, 2.45) is 4.99 Å². The minimum absolute atomic E-state index is 0. The molecule has 0 saturated carbocycles. The Morgan fingerprint density at radius 2 is 2.05 bits per heavy atom. The number of rotatable bonds is 7. The minimum atomic E-state index is -0.359. The second-order valence-corrected chi connectivity index (χ2v) is 4.23. The number of hydrogen-bond donors (Lipinski definition) is 2. The smallest absolute Gasteiger partial charge is 0.191 e. The Kier molecular flexibility index (Phi) is 11.0. The number of methoxy groups -OCH3 is 1. The fourth-order valence-electron chi connectivity index (χ4n) is 1.53. The Morgan fingerprint density at radius 1 is 1.33 bits per heavy atom. The third-order valence-electron chi connectivity index (χ3n) is 2.54. The predicted octanol–water partition coefficient (Wildman–Crippen LogP) is 2.02. The molecule has 7 heteroatoms. The van der Waals surface area contributed by atoms with Gasteiger partial charge in [-0.05, 0) is 19.1 Å². The first-order valence-corrected chi connectivity index (χ1v) is 6.52. The van der Waals surface area contributed by atoms with Crippen LogP contribution >= 0.6 is 24.0 Å². The van der Waals surface area contributed by atoms with Crippen molar-refractivity contribution in [1.82, 2.24) is 10.6 Å². The van der Waals surface area contributed by atoms with E-state index in [4.69, 9.17) is 9.47 Å². The van der Waals surface area contributed by atoms with Crippen LogP contribution in [0.2, 0.25) is 0 Å². The maximum absolute atomic E-state index is 13.4. The molecule has 0 aliphatic heterocycles. The first-order chi connectivity index (χ1) is 9.67. The Hall–Kier alpha value is -1.09. The van der Waals surface area contributed by atoms with Gasteiger partial charge in [0.15, 0.2) is 17.5 Å². The summed E-state index contributed by atoms with van der Waals surface area (Å²) in [6.45, 7) is 3.64. The summed E-state index contributed by atoms with van der Waals surface area (Å²) >= 11 is 0. The number of ether oxygens (including phenoxy) is 2. The summed E-state index contributed by atoms with van der Waals surface area (Å²) in [7, 11) is 3.33. The molecule has 0 fully saturated rings. The molecule has 0 heterocycles. The molecule has 0 radical (unpaired) electrons. The van der Waals surface area contributed by atoms with Crippen LogP contribution in [0.4, 0.5) is 4.39 Å². The number of halogens is 2. The van der Waals surface area contributed by atoms with Gasteiger partial charge in [-0.1, -0.05) is 12.1 Å². The van der Waals surface area contributed by atoms with Gasteiger partial charge >= 0.3 is 0 Å². The Labute approximate surface area is 142 Å². The Bertz CT molecular complexity index is 432. The molecule has 0 bridgehead atoms. The Morgan fingerprint density at radius 3 is 2.67 bits per heavy atom. The van der Waals surface area contributed by atoms with Crippen LogP contribution in [0.25, 0.3) is 0 Å². The van der Waals surface area contributed by atoms with Gasteiger partial charge in [0, 0.05) is 20.7 Å². The lowest BCUT2D eigenvalue weighted by Crippen LogP contribution is -2.42. The SMILES string of the molecule is CN=C(NCCOC)NCC(C)Oc1ccccc1F.I. The monoisotopic (exact) mass is 411 g/mol. The van der Waals surface area contributed by atoms with Crippen LogP contribution in [0.1, 0.15) is 6.92 Å². The van der Waals surface area contributed by atoms with Gasteiger partial charge < -0.3 is 20.1 Å². The average Bonchev–Trinajstić information content (AvgIpc) is 2.45. The van der Waals surface area contributed by atoms with E-state index in [1.165, 1.54) is 6.07 Å². The molecule has 0 amide bonds. The molecule has 1 unspecified atom stereocenters. The lowest BCUT2D eigenvalue weighted by Gasteiger charge is -2.17. The zero-order chi connectivity index (χ0) is 14.8. The van der Waals surface area contributed by atoms with E-state index >= 15 is 0 Å². The topological polar surface area (TPSA) is 54.9 Å². The van der Waals surface area contributed by atoms with Gasteiger partial charge in [-0.25, -0.2) is 4.39 Å². The molecule has 21 heavy (non-hydrogen) atoms. The summed E-state index contributed by atoms with van der Waals surface area (Å²) in [5, 5.41) is 6.19. The van der Waals surface area contributed by atoms with Crippen LogP contribution in [0.15, 0.2) is 29.3 Å². The quantitative estimate of drug-likeness (QED) is 0.312. The molecule has 120 valence electrons.